The molecular weight excluding hydrogens is 325 g/mol. The van der Waals surface area contributed by atoms with Gasteiger partial charge in [0.15, 0.2) is 0 Å². The van der Waals surface area contributed by atoms with Crippen LogP contribution in [0.4, 0.5) is 0 Å². The van der Waals surface area contributed by atoms with E-state index in [-0.39, 0.29) is 6.04 Å². The maximum Gasteiger partial charge on any atom is 0.0847 e. The van der Waals surface area contributed by atoms with Crippen molar-refractivity contribution in [2.75, 3.05) is 6.54 Å². The lowest BCUT2D eigenvalue weighted by Gasteiger charge is -2.18. The zero-order valence-corrected chi connectivity index (χ0v) is 15.2. The van der Waals surface area contributed by atoms with E-state index in [1.54, 1.807) is 11.3 Å². The number of hydrogen-bond donors (Lipinski definition) is 1. The molecule has 0 amide bonds. The zero-order valence-electron chi connectivity index (χ0n) is 12.8. The lowest BCUT2D eigenvalue weighted by Crippen LogP contribution is -2.23. The maximum atomic E-state index is 6.44. The van der Waals surface area contributed by atoms with E-state index in [2.05, 4.69) is 29.6 Å². The third-order valence-corrected chi connectivity index (χ3v) is 5.86. The van der Waals surface area contributed by atoms with E-state index in [9.17, 15) is 0 Å². The Morgan fingerprint density at radius 2 is 2.00 bits per heavy atom. The molecule has 1 atom stereocenters. The molecule has 0 saturated heterocycles. The summed E-state index contributed by atoms with van der Waals surface area (Å²) in [4.78, 5) is 1.17. The van der Waals surface area contributed by atoms with Crippen LogP contribution in [0.5, 0.6) is 0 Å². The van der Waals surface area contributed by atoms with Crippen molar-refractivity contribution in [1.82, 2.24) is 15.1 Å². The van der Waals surface area contributed by atoms with Crippen molar-refractivity contribution in [2.45, 2.75) is 46.7 Å². The fourth-order valence-electron chi connectivity index (χ4n) is 2.45. The number of thiophene rings is 1. The Morgan fingerprint density at radius 1 is 1.29 bits per heavy atom. The monoisotopic (exact) mass is 345 g/mol. The highest BCUT2D eigenvalue weighted by Crippen LogP contribution is 2.35. The number of nitrogens with one attached hydrogen (secondary N) is 1. The lowest BCUT2D eigenvalue weighted by molar-refractivity contribution is 0.522. The van der Waals surface area contributed by atoms with Crippen molar-refractivity contribution in [3.63, 3.8) is 0 Å². The van der Waals surface area contributed by atoms with Crippen molar-refractivity contribution in [3.05, 3.63) is 37.3 Å². The van der Waals surface area contributed by atoms with Crippen LogP contribution in [-0.4, -0.2) is 16.3 Å². The Labute approximate surface area is 140 Å². The Bertz CT molecular complexity index is 619. The first-order chi connectivity index (χ1) is 9.99. The quantitative estimate of drug-likeness (QED) is 0.816. The van der Waals surface area contributed by atoms with Gasteiger partial charge in [-0.25, -0.2) is 0 Å². The van der Waals surface area contributed by atoms with Gasteiger partial charge in [-0.15, -0.1) is 11.3 Å². The summed E-state index contributed by atoms with van der Waals surface area (Å²) in [5.74, 6) is 0. The molecule has 2 rings (SSSR count). The molecule has 0 aliphatic rings. The van der Waals surface area contributed by atoms with Gasteiger partial charge in [0.1, 0.15) is 0 Å². The molecule has 21 heavy (non-hydrogen) atoms. The summed E-state index contributed by atoms with van der Waals surface area (Å²) in [5.41, 5.74) is 3.09. The van der Waals surface area contributed by atoms with Gasteiger partial charge in [-0.05, 0) is 38.3 Å². The van der Waals surface area contributed by atoms with Gasteiger partial charge in [0.25, 0.3) is 0 Å². The van der Waals surface area contributed by atoms with Crippen LogP contribution in [0.1, 0.15) is 41.7 Å². The van der Waals surface area contributed by atoms with Crippen molar-refractivity contribution in [3.8, 4) is 0 Å². The van der Waals surface area contributed by atoms with Crippen LogP contribution >= 0.6 is 34.5 Å². The fourth-order valence-corrected chi connectivity index (χ4v) is 4.06. The summed E-state index contributed by atoms with van der Waals surface area (Å²) in [6.07, 6.45) is 0.793. The molecule has 6 heteroatoms. The van der Waals surface area contributed by atoms with Crippen molar-refractivity contribution in [1.29, 1.82) is 0 Å². The molecule has 1 N–H and O–H groups in total. The third-order valence-electron chi connectivity index (χ3n) is 3.54. The minimum absolute atomic E-state index is 0.167. The number of aryl methyl sites for hydroxylation is 3. The zero-order chi connectivity index (χ0) is 15.6. The van der Waals surface area contributed by atoms with E-state index in [0.717, 1.165) is 46.5 Å². The molecule has 0 saturated carbocycles. The standard InChI is InChI=1S/C15H21Cl2N3S/c1-5-18-11(15-13(16)9(3)8-21-15)7-12-14(17)10(4)19-20(12)6-2/h8,11,18H,5-7H2,1-4H3. The number of rotatable bonds is 6. The molecule has 0 bridgehead atoms. The van der Waals surface area contributed by atoms with Gasteiger partial charge in [-0.3, -0.25) is 4.68 Å². The van der Waals surface area contributed by atoms with Crippen molar-refractivity contribution < 1.29 is 0 Å². The Kier molecular flexibility index (Phi) is 5.72. The highest BCUT2D eigenvalue weighted by molar-refractivity contribution is 7.10. The summed E-state index contributed by atoms with van der Waals surface area (Å²) in [6.45, 7) is 9.87. The van der Waals surface area contributed by atoms with Gasteiger partial charge < -0.3 is 5.32 Å². The predicted octanol–water partition coefficient (Wildman–Crippen LogP) is 4.78. The van der Waals surface area contributed by atoms with Crippen LogP contribution in [0, 0.1) is 13.8 Å². The van der Waals surface area contributed by atoms with Crippen molar-refractivity contribution in [2.24, 2.45) is 0 Å². The molecule has 116 valence electrons. The van der Waals surface area contributed by atoms with Gasteiger partial charge in [-0.1, -0.05) is 30.1 Å². The average Bonchev–Trinajstić information content (AvgIpc) is 2.93. The number of hydrogen-bond acceptors (Lipinski definition) is 3. The minimum atomic E-state index is 0.167. The van der Waals surface area contributed by atoms with Gasteiger partial charge in [0, 0.05) is 23.9 Å². The number of halogens is 2. The van der Waals surface area contributed by atoms with Gasteiger partial charge in [-0.2, -0.15) is 5.10 Å². The fraction of sp³-hybridized carbons (Fsp3) is 0.533. The highest BCUT2D eigenvalue weighted by Gasteiger charge is 2.22. The molecular formula is C15H21Cl2N3S. The van der Waals surface area contributed by atoms with Gasteiger partial charge >= 0.3 is 0 Å². The summed E-state index contributed by atoms with van der Waals surface area (Å²) in [7, 11) is 0. The second-order valence-electron chi connectivity index (χ2n) is 5.07. The summed E-state index contributed by atoms with van der Waals surface area (Å²) in [5, 5.41) is 11.7. The lowest BCUT2D eigenvalue weighted by atomic mass is 10.1. The first-order valence-corrected chi connectivity index (χ1v) is 8.81. The topological polar surface area (TPSA) is 29.9 Å². The van der Waals surface area contributed by atoms with E-state index in [1.165, 1.54) is 4.88 Å². The van der Waals surface area contributed by atoms with Gasteiger partial charge in [0.05, 0.1) is 21.4 Å². The number of aromatic nitrogens is 2. The largest absolute Gasteiger partial charge is 0.309 e. The highest BCUT2D eigenvalue weighted by atomic mass is 35.5. The molecule has 0 radical (unpaired) electrons. The molecule has 0 aliphatic heterocycles. The normalized spacial score (nSPS) is 12.9. The second-order valence-corrected chi connectivity index (χ2v) is 6.74. The van der Waals surface area contributed by atoms with E-state index in [4.69, 9.17) is 23.2 Å². The first-order valence-electron chi connectivity index (χ1n) is 7.18. The number of nitrogens with zero attached hydrogens (tertiary/aromatic N) is 2. The minimum Gasteiger partial charge on any atom is -0.309 e. The second kappa shape index (κ2) is 7.14. The molecule has 2 aromatic rings. The van der Waals surface area contributed by atoms with Crippen LogP contribution < -0.4 is 5.32 Å². The van der Waals surface area contributed by atoms with E-state index < -0.39 is 0 Å². The number of likely N-dealkylation sites (N-methyl/N-ethyl adjacent to an activating group) is 1. The first kappa shape index (κ1) is 16.8. The molecule has 0 aliphatic carbocycles. The summed E-state index contributed by atoms with van der Waals surface area (Å²) >= 11 is 14.6. The molecule has 2 aromatic heterocycles. The summed E-state index contributed by atoms with van der Waals surface area (Å²) < 4.78 is 1.98. The third kappa shape index (κ3) is 3.45. The maximum absolute atomic E-state index is 6.44. The molecule has 0 fully saturated rings. The summed E-state index contributed by atoms with van der Waals surface area (Å²) in [6, 6.07) is 0.167. The van der Waals surface area contributed by atoms with Crippen LogP contribution in [-0.2, 0) is 13.0 Å². The Hall–Kier alpha value is -0.550. The molecule has 0 spiro atoms. The van der Waals surface area contributed by atoms with Crippen LogP contribution in [0.25, 0.3) is 0 Å². The predicted molar refractivity (Wildman–Crippen MR) is 91.8 cm³/mol. The SMILES string of the molecule is CCNC(Cc1c(Cl)c(C)nn1CC)c1scc(C)c1Cl. The molecule has 0 aromatic carbocycles. The van der Waals surface area contributed by atoms with Crippen LogP contribution in [0.3, 0.4) is 0 Å². The van der Waals surface area contributed by atoms with E-state index >= 15 is 0 Å². The average molecular weight is 346 g/mol. The van der Waals surface area contributed by atoms with E-state index in [1.807, 2.05) is 18.5 Å². The smallest absolute Gasteiger partial charge is 0.0847 e. The van der Waals surface area contributed by atoms with Crippen LogP contribution in [0.2, 0.25) is 10.0 Å². The molecule has 2 heterocycles. The van der Waals surface area contributed by atoms with Crippen molar-refractivity contribution >= 4 is 34.5 Å². The molecule has 3 nitrogen and oxygen atoms in total. The molecule has 1 unspecified atom stereocenters. The Balaban J connectivity index is 2.35. The van der Waals surface area contributed by atoms with E-state index in [0.29, 0.717) is 0 Å². The Morgan fingerprint density at radius 3 is 2.52 bits per heavy atom. The van der Waals surface area contributed by atoms with Crippen LogP contribution in [0.15, 0.2) is 5.38 Å². The van der Waals surface area contributed by atoms with Gasteiger partial charge in [0.2, 0.25) is 0 Å².